The van der Waals surface area contributed by atoms with Gasteiger partial charge >= 0.3 is 0 Å². The molecule has 0 spiro atoms. The Morgan fingerprint density at radius 3 is 2.75 bits per heavy atom. The number of carbonyl (C=O) groups excluding carboxylic acids is 2. The van der Waals surface area contributed by atoms with Crippen LogP contribution in [0.5, 0.6) is 0 Å². The molecule has 5 nitrogen and oxygen atoms in total. The van der Waals surface area contributed by atoms with Crippen LogP contribution in [0.15, 0.2) is 30.9 Å². The van der Waals surface area contributed by atoms with Crippen molar-refractivity contribution in [2.24, 2.45) is 0 Å². The summed E-state index contributed by atoms with van der Waals surface area (Å²) in [6.07, 6.45) is 4.90. The maximum absolute atomic E-state index is 13.9. The van der Waals surface area contributed by atoms with Crippen LogP contribution >= 0.6 is 11.6 Å². The third kappa shape index (κ3) is 1.89. The fourth-order valence-corrected chi connectivity index (χ4v) is 2.44. The van der Waals surface area contributed by atoms with Crippen LogP contribution in [0.3, 0.4) is 0 Å². The van der Waals surface area contributed by atoms with Gasteiger partial charge in [-0.15, -0.1) is 0 Å². The molecule has 1 aromatic carbocycles. The molecule has 2 heterocycles. The minimum Gasteiger partial charge on any atom is -0.336 e. The van der Waals surface area contributed by atoms with Gasteiger partial charge in [-0.05, 0) is 12.1 Å². The third-order valence-corrected chi connectivity index (χ3v) is 3.47. The summed E-state index contributed by atoms with van der Waals surface area (Å²) in [5, 5.41) is 0.0879. The van der Waals surface area contributed by atoms with Gasteiger partial charge in [0.25, 0.3) is 11.7 Å². The highest BCUT2D eigenvalue weighted by atomic mass is 35.5. The number of Topliss-reactive ketones (excluding diaryl/α,β-unsaturated/α-hetero) is 1. The molecule has 2 aromatic rings. The van der Waals surface area contributed by atoms with Gasteiger partial charge in [0.1, 0.15) is 5.82 Å². The number of anilines is 1. The number of imidazole rings is 1. The van der Waals surface area contributed by atoms with Crippen LogP contribution in [0.4, 0.5) is 10.1 Å². The highest BCUT2D eigenvalue weighted by molar-refractivity contribution is 6.55. The Labute approximate surface area is 118 Å². The number of amides is 1. The summed E-state index contributed by atoms with van der Waals surface area (Å²) in [5.74, 6) is -2.16. The van der Waals surface area contributed by atoms with Gasteiger partial charge in [-0.1, -0.05) is 11.6 Å². The Morgan fingerprint density at radius 1 is 1.25 bits per heavy atom. The first-order valence-electron chi connectivity index (χ1n) is 5.89. The molecule has 20 heavy (non-hydrogen) atoms. The van der Waals surface area contributed by atoms with Gasteiger partial charge in [0, 0.05) is 25.5 Å². The molecule has 0 N–H and O–H groups in total. The number of hydrogen-bond acceptors (Lipinski definition) is 3. The Kier molecular flexibility index (Phi) is 3.02. The molecule has 0 saturated carbocycles. The van der Waals surface area contributed by atoms with Crippen LogP contribution in [0.1, 0.15) is 10.4 Å². The number of carbonyl (C=O) groups is 2. The van der Waals surface area contributed by atoms with Crippen molar-refractivity contribution in [2.75, 3.05) is 11.4 Å². The number of fused-ring (bicyclic) bond motifs is 1. The lowest BCUT2D eigenvalue weighted by Gasteiger charge is -2.17. The number of benzene rings is 1. The molecule has 0 unspecified atom stereocenters. The number of rotatable bonds is 3. The van der Waals surface area contributed by atoms with Crippen LogP contribution < -0.4 is 4.90 Å². The fraction of sp³-hybridized carbons (Fsp3) is 0.154. The average Bonchev–Trinajstić information content (AvgIpc) is 3.02. The normalized spacial score (nSPS) is 14.0. The second-order valence-electron chi connectivity index (χ2n) is 4.34. The van der Waals surface area contributed by atoms with Gasteiger partial charge < -0.3 is 9.47 Å². The maximum Gasteiger partial charge on any atom is 0.299 e. The molecule has 0 radical (unpaired) electrons. The van der Waals surface area contributed by atoms with Crippen LogP contribution in [0, 0.1) is 5.82 Å². The Bertz CT molecular complexity index is 700. The van der Waals surface area contributed by atoms with Crippen LogP contribution in [-0.2, 0) is 11.3 Å². The molecular formula is C13H9ClFN3O2. The lowest BCUT2D eigenvalue weighted by atomic mass is 10.1. The molecule has 0 saturated heterocycles. The first-order valence-corrected chi connectivity index (χ1v) is 6.27. The van der Waals surface area contributed by atoms with E-state index in [1.807, 2.05) is 0 Å². The molecule has 3 rings (SSSR count). The average molecular weight is 294 g/mol. The van der Waals surface area contributed by atoms with E-state index in [-0.39, 0.29) is 22.8 Å². The monoisotopic (exact) mass is 293 g/mol. The Balaban J connectivity index is 1.96. The zero-order valence-electron chi connectivity index (χ0n) is 10.2. The Morgan fingerprint density at radius 2 is 2.05 bits per heavy atom. The lowest BCUT2D eigenvalue weighted by molar-refractivity contribution is -0.114. The van der Waals surface area contributed by atoms with Crippen molar-refractivity contribution >= 4 is 29.0 Å². The maximum atomic E-state index is 13.9. The van der Waals surface area contributed by atoms with Gasteiger partial charge in [-0.25, -0.2) is 9.37 Å². The third-order valence-electron chi connectivity index (χ3n) is 3.16. The summed E-state index contributed by atoms with van der Waals surface area (Å²) >= 11 is 5.89. The van der Waals surface area contributed by atoms with E-state index >= 15 is 0 Å². The molecule has 1 aliphatic rings. The molecule has 0 bridgehead atoms. The second kappa shape index (κ2) is 4.72. The summed E-state index contributed by atoms with van der Waals surface area (Å²) in [6, 6.07) is 2.43. The molecule has 1 amide bonds. The van der Waals surface area contributed by atoms with Crippen LogP contribution in [0.25, 0.3) is 0 Å². The number of aromatic nitrogens is 2. The van der Waals surface area contributed by atoms with E-state index in [4.69, 9.17) is 11.6 Å². The Hall–Kier alpha value is -2.21. The van der Waals surface area contributed by atoms with E-state index in [2.05, 4.69) is 4.98 Å². The largest absolute Gasteiger partial charge is 0.336 e. The topological polar surface area (TPSA) is 55.2 Å². The number of ketones is 1. The van der Waals surface area contributed by atoms with Gasteiger partial charge in [0.15, 0.2) is 0 Å². The van der Waals surface area contributed by atoms with Crippen molar-refractivity contribution in [3.8, 4) is 0 Å². The molecule has 0 atom stereocenters. The highest BCUT2D eigenvalue weighted by Gasteiger charge is 2.39. The SMILES string of the molecule is O=C1C(=O)N(CCn2ccnc2)c2c(F)ccc(Cl)c21. The van der Waals surface area contributed by atoms with Crippen molar-refractivity contribution < 1.29 is 14.0 Å². The number of hydrogen-bond donors (Lipinski definition) is 0. The molecule has 0 aliphatic carbocycles. The summed E-state index contributed by atoms with van der Waals surface area (Å²) < 4.78 is 15.6. The van der Waals surface area contributed by atoms with E-state index in [0.717, 1.165) is 11.0 Å². The molecular weight excluding hydrogens is 285 g/mol. The standard InChI is InChI=1S/C13H9ClFN3O2/c14-8-1-2-9(15)11-10(8)12(19)13(20)18(11)6-5-17-4-3-16-7-17/h1-4,7H,5-6H2. The molecule has 7 heteroatoms. The van der Waals surface area contributed by atoms with Crippen molar-refractivity contribution in [1.29, 1.82) is 0 Å². The minimum absolute atomic E-state index is 0.0346. The summed E-state index contributed by atoms with van der Waals surface area (Å²) in [7, 11) is 0. The zero-order valence-corrected chi connectivity index (χ0v) is 11.0. The smallest absolute Gasteiger partial charge is 0.299 e. The summed E-state index contributed by atoms with van der Waals surface area (Å²) in [6.45, 7) is 0.579. The number of nitrogens with zero attached hydrogens (tertiary/aromatic N) is 3. The second-order valence-corrected chi connectivity index (χ2v) is 4.75. The van der Waals surface area contributed by atoms with E-state index < -0.39 is 17.5 Å². The predicted molar refractivity (Wildman–Crippen MR) is 70.3 cm³/mol. The van der Waals surface area contributed by atoms with E-state index in [1.165, 1.54) is 6.07 Å². The summed E-state index contributed by atoms with van der Waals surface area (Å²) in [5.41, 5.74) is -0.0880. The first-order chi connectivity index (χ1) is 9.59. The predicted octanol–water partition coefficient (Wildman–Crippen LogP) is 1.91. The quantitative estimate of drug-likeness (QED) is 0.812. The van der Waals surface area contributed by atoms with Crippen molar-refractivity contribution in [3.05, 3.63) is 47.3 Å². The first kappa shape index (κ1) is 12.8. The van der Waals surface area contributed by atoms with Gasteiger partial charge in [-0.3, -0.25) is 9.59 Å². The van der Waals surface area contributed by atoms with E-state index in [0.29, 0.717) is 6.54 Å². The van der Waals surface area contributed by atoms with Gasteiger partial charge in [0.05, 0.1) is 22.6 Å². The van der Waals surface area contributed by atoms with E-state index in [1.54, 1.807) is 23.3 Å². The molecule has 0 fully saturated rings. The minimum atomic E-state index is -0.768. The van der Waals surface area contributed by atoms with Crippen LogP contribution in [0.2, 0.25) is 5.02 Å². The molecule has 102 valence electrons. The summed E-state index contributed by atoms with van der Waals surface area (Å²) in [4.78, 5) is 28.8. The van der Waals surface area contributed by atoms with Crippen molar-refractivity contribution in [1.82, 2.24) is 9.55 Å². The van der Waals surface area contributed by atoms with Gasteiger partial charge in [-0.2, -0.15) is 0 Å². The van der Waals surface area contributed by atoms with Crippen LogP contribution in [-0.4, -0.2) is 27.8 Å². The number of halogens is 2. The van der Waals surface area contributed by atoms with Gasteiger partial charge in [0.2, 0.25) is 0 Å². The fourth-order valence-electron chi connectivity index (χ4n) is 2.20. The van der Waals surface area contributed by atoms with Crippen molar-refractivity contribution in [2.45, 2.75) is 6.54 Å². The molecule has 1 aliphatic heterocycles. The van der Waals surface area contributed by atoms with E-state index in [9.17, 15) is 14.0 Å². The lowest BCUT2D eigenvalue weighted by Crippen LogP contribution is -2.33. The highest BCUT2D eigenvalue weighted by Crippen LogP contribution is 2.36. The van der Waals surface area contributed by atoms with Crippen molar-refractivity contribution in [3.63, 3.8) is 0 Å². The zero-order chi connectivity index (χ0) is 14.3. The molecule has 1 aromatic heterocycles.